The quantitative estimate of drug-likeness (QED) is 0.821. The molecule has 3 rings (SSSR count). The van der Waals surface area contributed by atoms with Crippen LogP contribution in [0.15, 0.2) is 24.3 Å². The van der Waals surface area contributed by atoms with Gasteiger partial charge < -0.3 is 5.11 Å². The highest BCUT2D eigenvalue weighted by molar-refractivity contribution is 5.34. The van der Waals surface area contributed by atoms with Gasteiger partial charge in [0.2, 0.25) is 0 Å². The Hall–Kier alpha value is -0.820. The first kappa shape index (κ1) is 10.3. The Bertz CT molecular complexity index is 381. The lowest BCUT2D eigenvalue weighted by molar-refractivity contribution is 0.00680. The van der Waals surface area contributed by atoms with Gasteiger partial charge in [0, 0.05) is 0 Å². The van der Waals surface area contributed by atoms with Crippen LogP contribution in [-0.2, 0) is 12.0 Å². The van der Waals surface area contributed by atoms with E-state index in [0.717, 1.165) is 31.6 Å². The van der Waals surface area contributed by atoms with Crippen molar-refractivity contribution in [1.29, 1.82) is 0 Å². The van der Waals surface area contributed by atoms with Crippen LogP contribution >= 0.6 is 0 Å². The number of aliphatic hydroxyl groups is 1. The van der Waals surface area contributed by atoms with Crippen LogP contribution in [0.1, 0.15) is 49.7 Å². The zero-order chi connectivity index (χ0) is 11.0. The maximum atomic E-state index is 10.8. The lowest BCUT2D eigenvalue weighted by Crippen LogP contribution is -2.30. The van der Waals surface area contributed by atoms with Gasteiger partial charge >= 0.3 is 0 Å². The molecule has 1 fully saturated rings. The molecule has 0 spiro atoms. The van der Waals surface area contributed by atoms with Gasteiger partial charge in [-0.15, -0.1) is 0 Å². The van der Waals surface area contributed by atoms with Crippen molar-refractivity contribution in [2.24, 2.45) is 5.92 Å². The fourth-order valence-corrected chi connectivity index (χ4v) is 3.01. The number of fused-ring (bicyclic) bond motifs is 1. The highest BCUT2D eigenvalue weighted by Crippen LogP contribution is 2.42. The monoisotopic (exact) mass is 216 g/mol. The van der Waals surface area contributed by atoms with E-state index in [4.69, 9.17) is 0 Å². The van der Waals surface area contributed by atoms with Crippen LogP contribution in [-0.4, -0.2) is 5.11 Å². The Morgan fingerprint density at radius 3 is 2.88 bits per heavy atom. The summed E-state index contributed by atoms with van der Waals surface area (Å²) in [4.78, 5) is 0. The standard InChI is InChI=1S/C15H20O/c16-15(11-9-12-7-8-12)10-3-5-13-4-1-2-6-14(13)15/h1-2,4,6,12,16H,3,5,7-11H2. The van der Waals surface area contributed by atoms with Crippen LogP contribution in [0.4, 0.5) is 0 Å². The Labute approximate surface area is 97.5 Å². The van der Waals surface area contributed by atoms with Gasteiger partial charge in [0.1, 0.15) is 0 Å². The lowest BCUT2D eigenvalue weighted by atomic mass is 9.76. The highest BCUT2D eigenvalue weighted by Gasteiger charge is 2.35. The van der Waals surface area contributed by atoms with E-state index in [9.17, 15) is 5.11 Å². The predicted molar refractivity (Wildman–Crippen MR) is 65.2 cm³/mol. The maximum Gasteiger partial charge on any atom is 0.0899 e. The smallest absolute Gasteiger partial charge is 0.0899 e. The third-order valence-electron chi connectivity index (χ3n) is 4.22. The number of rotatable bonds is 3. The van der Waals surface area contributed by atoms with E-state index < -0.39 is 5.60 Å². The summed E-state index contributed by atoms with van der Waals surface area (Å²) in [6, 6.07) is 8.45. The molecule has 86 valence electrons. The van der Waals surface area contributed by atoms with E-state index >= 15 is 0 Å². The van der Waals surface area contributed by atoms with Gasteiger partial charge in [-0.2, -0.15) is 0 Å². The summed E-state index contributed by atoms with van der Waals surface area (Å²) in [5, 5.41) is 10.8. The summed E-state index contributed by atoms with van der Waals surface area (Å²) in [6.07, 6.45) is 8.19. The van der Waals surface area contributed by atoms with Crippen LogP contribution in [0.5, 0.6) is 0 Å². The van der Waals surface area contributed by atoms with E-state index in [2.05, 4.69) is 24.3 Å². The molecule has 0 bridgehead atoms. The molecule has 2 aliphatic carbocycles. The molecule has 1 N–H and O–H groups in total. The molecule has 0 radical (unpaired) electrons. The summed E-state index contributed by atoms with van der Waals surface area (Å²) in [5.41, 5.74) is 2.06. The Kier molecular flexibility index (Phi) is 2.51. The van der Waals surface area contributed by atoms with Crippen molar-refractivity contribution in [2.45, 2.75) is 50.5 Å². The van der Waals surface area contributed by atoms with E-state index in [1.165, 1.54) is 30.4 Å². The van der Waals surface area contributed by atoms with Crippen molar-refractivity contribution in [2.75, 3.05) is 0 Å². The maximum absolute atomic E-state index is 10.8. The SMILES string of the molecule is OC1(CCC2CC2)CCCc2ccccc21. The molecule has 1 aromatic carbocycles. The summed E-state index contributed by atoms with van der Waals surface area (Å²) < 4.78 is 0. The fraction of sp³-hybridized carbons (Fsp3) is 0.600. The predicted octanol–water partition coefficient (Wildman–Crippen LogP) is 3.40. The summed E-state index contributed by atoms with van der Waals surface area (Å²) in [5.74, 6) is 0.915. The van der Waals surface area contributed by atoms with Crippen molar-refractivity contribution in [3.8, 4) is 0 Å². The first-order chi connectivity index (χ1) is 7.78. The van der Waals surface area contributed by atoms with Gasteiger partial charge in [-0.3, -0.25) is 0 Å². The first-order valence-electron chi connectivity index (χ1n) is 6.59. The van der Waals surface area contributed by atoms with E-state index in [-0.39, 0.29) is 0 Å². The number of hydrogen-bond acceptors (Lipinski definition) is 1. The van der Waals surface area contributed by atoms with Crippen molar-refractivity contribution >= 4 is 0 Å². The van der Waals surface area contributed by atoms with Crippen molar-refractivity contribution in [3.63, 3.8) is 0 Å². The molecule has 0 heterocycles. The highest BCUT2D eigenvalue weighted by atomic mass is 16.3. The molecule has 0 amide bonds. The number of hydrogen-bond donors (Lipinski definition) is 1. The van der Waals surface area contributed by atoms with Gasteiger partial charge in [0.15, 0.2) is 0 Å². The zero-order valence-electron chi connectivity index (χ0n) is 9.78. The van der Waals surface area contributed by atoms with E-state index in [0.29, 0.717) is 0 Å². The average molecular weight is 216 g/mol. The second-order valence-electron chi connectivity index (χ2n) is 5.52. The number of aryl methyl sites for hydroxylation is 1. The number of benzene rings is 1. The third kappa shape index (κ3) is 1.89. The van der Waals surface area contributed by atoms with Crippen LogP contribution in [0.25, 0.3) is 0 Å². The molecule has 0 aromatic heterocycles. The van der Waals surface area contributed by atoms with Gasteiger partial charge in [-0.1, -0.05) is 37.1 Å². The summed E-state index contributed by atoms with van der Waals surface area (Å²) in [6.45, 7) is 0. The fourth-order valence-electron chi connectivity index (χ4n) is 3.01. The molecule has 1 aromatic rings. The summed E-state index contributed by atoms with van der Waals surface area (Å²) in [7, 11) is 0. The third-order valence-corrected chi connectivity index (χ3v) is 4.22. The molecule has 1 heteroatoms. The Morgan fingerprint density at radius 1 is 1.25 bits per heavy atom. The minimum atomic E-state index is -0.516. The minimum absolute atomic E-state index is 0.516. The minimum Gasteiger partial charge on any atom is -0.385 e. The van der Waals surface area contributed by atoms with Gasteiger partial charge in [-0.05, 0) is 49.1 Å². The van der Waals surface area contributed by atoms with Crippen molar-refractivity contribution in [3.05, 3.63) is 35.4 Å². The van der Waals surface area contributed by atoms with Crippen LogP contribution in [0, 0.1) is 5.92 Å². The Balaban J connectivity index is 1.83. The molecule has 0 aliphatic heterocycles. The molecule has 1 saturated carbocycles. The molecular weight excluding hydrogens is 196 g/mol. The molecule has 1 unspecified atom stereocenters. The lowest BCUT2D eigenvalue weighted by Gasteiger charge is -2.34. The van der Waals surface area contributed by atoms with E-state index in [1.54, 1.807) is 0 Å². The topological polar surface area (TPSA) is 20.2 Å². The summed E-state index contributed by atoms with van der Waals surface area (Å²) >= 11 is 0. The molecular formula is C15H20O. The molecule has 0 saturated heterocycles. The van der Waals surface area contributed by atoms with Crippen LogP contribution < -0.4 is 0 Å². The molecule has 16 heavy (non-hydrogen) atoms. The van der Waals surface area contributed by atoms with Crippen molar-refractivity contribution in [1.82, 2.24) is 0 Å². The molecule has 1 nitrogen and oxygen atoms in total. The van der Waals surface area contributed by atoms with E-state index in [1.807, 2.05) is 0 Å². The molecule has 1 atom stereocenters. The molecule has 2 aliphatic rings. The average Bonchev–Trinajstić information content (AvgIpc) is 3.11. The first-order valence-corrected chi connectivity index (χ1v) is 6.59. The van der Waals surface area contributed by atoms with Gasteiger partial charge in [0.25, 0.3) is 0 Å². The van der Waals surface area contributed by atoms with Gasteiger partial charge in [-0.25, -0.2) is 0 Å². The second-order valence-corrected chi connectivity index (χ2v) is 5.52. The van der Waals surface area contributed by atoms with Crippen molar-refractivity contribution < 1.29 is 5.11 Å². The van der Waals surface area contributed by atoms with Crippen LogP contribution in [0.2, 0.25) is 0 Å². The van der Waals surface area contributed by atoms with Crippen LogP contribution in [0.3, 0.4) is 0 Å². The largest absolute Gasteiger partial charge is 0.385 e. The zero-order valence-corrected chi connectivity index (χ0v) is 9.78. The normalized spacial score (nSPS) is 28.8. The second kappa shape index (κ2) is 3.89. The van der Waals surface area contributed by atoms with Gasteiger partial charge in [0.05, 0.1) is 5.60 Å². The Morgan fingerprint density at radius 2 is 2.06 bits per heavy atom.